The van der Waals surface area contributed by atoms with E-state index in [1.54, 1.807) is 11.3 Å². The average molecular weight is 409 g/mol. The number of hydrogen-bond donors (Lipinski definition) is 1. The van der Waals surface area contributed by atoms with E-state index < -0.39 is 0 Å². The molecule has 0 aliphatic rings. The van der Waals surface area contributed by atoms with Gasteiger partial charge in [0.15, 0.2) is 0 Å². The van der Waals surface area contributed by atoms with Crippen molar-refractivity contribution in [2.75, 3.05) is 5.32 Å². The SMILES string of the molecule is O=C(Nc1cccc(Br)c1)c1cc(-c2cccs2)nc2ccccc12. The molecule has 0 atom stereocenters. The van der Waals surface area contributed by atoms with Crippen molar-refractivity contribution >= 4 is 49.8 Å². The fourth-order valence-electron chi connectivity index (χ4n) is 2.68. The van der Waals surface area contributed by atoms with Crippen molar-refractivity contribution in [1.29, 1.82) is 0 Å². The Morgan fingerprint density at radius 1 is 1.00 bits per heavy atom. The minimum Gasteiger partial charge on any atom is -0.322 e. The maximum Gasteiger partial charge on any atom is 0.256 e. The fraction of sp³-hybridized carbons (Fsp3) is 0. The number of benzene rings is 2. The van der Waals surface area contributed by atoms with E-state index in [1.807, 2.05) is 72.1 Å². The molecule has 122 valence electrons. The molecule has 5 heteroatoms. The molecule has 0 radical (unpaired) electrons. The van der Waals surface area contributed by atoms with Gasteiger partial charge in [0.25, 0.3) is 5.91 Å². The third-order valence-corrected chi connectivity index (χ3v) is 5.20. The summed E-state index contributed by atoms with van der Waals surface area (Å²) < 4.78 is 0.921. The first-order valence-electron chi connectivity index (χ1n) is 7.71. The number of halogens is 1. The Balaban J connectivity index is 1.80. The zero-order valence-electron chi connectivity index (χ0n) is 13.1. The van der Waals surface area contributed by atoms with Gasteiger partial charge in [-0.25, -0.2) is 4.98 Å². The van der Waals surface area contributed by atoms with Gasteiger partial charge < -0.3 is 5.32 Å². The summed E-state index contributed by atoms with van der Waals surface area (Å²) in [7, 11) is 0. The number of carbonyl (C=O) groups excluding carboxylic acids is 1. The van der Waals surface area contributed by atoms with E-state index in [9.17, 15) is 4.79 Å². The smallest absolute Gasteiger partial charge is 0.256 e. The molecule has 0 aliphatic carbocycles. The molecule has 3 nitrogen and oxygen atoms in total. The van der Waals surface area contributed by atoms with Gasteiger partial charge in [-0.3, -0.25) is 4.79 Å². The summed E-state index contributed by atoms with van der Waals surface area (Å²) in [6.45, 7) is 0. The van der Waals surface area contributed by atoms with E-state index in [0.717, 1.165) is 31.6 Å². The lowest BCUT2D eigenvalue weighted by Crippen LogP contribution is -2.13. The van der Waals surface area contributed by atoms with Crippen LogP contribution in [0.1, 0.15) is 10.4 Å². The fourth-order valence-corrected chi connectivity index (χ4v) is 3.76. The quantitative estimate of drug-likeness (QED) is 0.453. The Morgan fingerprint density at radius 2 is 1.88 bits per heavy atom. The number of para-hydroxylation sites is 1. The van der Waals surface area contributed by atoms with Gasteiger partial charge in [-0.05, 0) is 41.8 Å². The van der Waals surface area contributed by atoms with Crippen molar-refractivity contribution in [3.63, 3.8) is 0 Å². The lowest BCUT2D eigenvalue weighted by molar-refractivity contribution is 0.102. The lowest BCUT2D eigenvalue weighted by atomic mass is 10.1. The second kappa shape index (κ2) is 6.78. The predicted molar refractivity (Wildman–Crippen MR) is 107 cm³/mol. The molecule has 0 spiro atoms. The molecule has 0 aliphatic heterocycles. The molecule has 25 heavy (non-hydrogen) atoms. The van der Waals surface area contributed by atoms with Crippen molar-refractivity contribution in [2.24, 2.45) is 0 Å². The van der Waals surface area contributed by atoms with Crippen LogP contribution >= 0.6 is 27.3 Å². The van der Waals surface area contributed by atoms with Crippen molar-refractivity contribution in [1.82, 2.24) is 4.98 Å². The second-order valence-corrected chi connectivity index (χ2v) is 7.38. The number of aromatic nitrogens is 1. The van der Waals surface area contributed by atoms with E-state index >= 15 is 0 Å². The van der Waals surface area contributed by atoms with Crippen molar-refractivity contribution in [2.45, 2.75) is 0 Å². The summed E-state index contributed by atoms with van der Waals surface area (Å²) in [5, 5.41) is 5.82. The van der Waals surface area contributed by atoms with E-state index in [0.29, 0.717) is 5.56 Å². The molecule has 0 bridgehead atoms. The van der Waals surface area contributed by atoms with Gasteiger partial charge in [-0.15, -0.1) is 11.3 Å². The van der Waals surface area contributed by atoms with Crippen molar-refractivity contribution < 1.29 is 4.79 Å². The Bertz CT molecular complexity index is 1060. The number of nitrogens with zero attached hydrogens (tertiary/aromatic N) is 1. The van der Waals surface area contributed by atoms with Gasteiger partial charge in [-0.2, -0.15) is 0 Å². The molecule has 0 saturated carbocycles. The molecule has 1 N–H and O–H groups in total. The summed E-state index contributed by atoms with van der Waals surface area (Å²) in [5.41, 5.74) is 2.99. The molecule has 0 fully saturated rings. The highest BCUT2D eigenvalue weighted by molar-refractivity contribution is 9.10. The number of nitrogens with one attached hydrogen (secondary N) is 1. The summed E-state index contributed by atoms with van der Waals surface area (Å²) in [6, 6.07) is 21.1. The van der Waals surface area contributed by atoms with Crippen LogP contribution in [-0.2, 0) is 0 Å². The summed E-state index contributed by atoms with van der Waals surface area (Å²) in [4.78, 5) is 18.7. The van der Waals surface area contributed by atoms with Crippen LogP contribution in [0.3, 0.4) is 0 Å². The van der Waals surface area contributed by atoms with Crippen LogP contribution in [0.15, 0.2) is 76.6 Å². The first-order valence-corrected chi connectivity index (χ1v) is 9.38. The van der Waals surface area contributed by atoms with Gasteiger partial charge in [0.1, 0.15) is 0 Å². The maximum absolute atomic E-state index is 12.9. The van der Waals surface area contributed by atoms with Gasteiger partial charge in [0.2, 0.25) is 0 Å². The predicted octanol–water partition coefficient (Wildman–Crippen LogP) is 5.98. The highest BCUT2D eigenvalue weighted by Gasteiger charge is 2.14. The molecular formula is C20H13BrN2OS. The third-order valence-electron chi connectivity index (χ3n) is 3.82. The van der Waals surface area contributed by atoms with Crippen molar-refractivity contribution in [3.05, 3.63) is 82.1 Å². The van der Waals surface area contributed by atoms with Crippen LogP contribution in [-0.4, -0.2) is 10.9 Å². The van der Waals surface area contributed by atoms with E-state index in [4.69, 9.17) is 4.98 Å². The average Bonchev–Trinajstić information content (AvgIpc) is 3.15. The van der Waals surface area contributed by atoms with Gasteiger partial charge in [0.05, 0.1) is 21.7 Å². The van der Waals surface area contributed by atoms with Gasteiger partial charge in [-0.1, -0.05) is 46.3 Å². The number of fused-ring (bicyclic) bond motifs is 1. The Morgan fingerprint density at radius 3 is 2.68 bits per heavy atom. The van der Waals surface area contributed by atoms with Gasteiger partial charge in [0, 0.05) is 15.5 Å². The minimum atomic E-state index is -0.144. The van der Waals surface area contributed by atoms with E-state index in [-0.39, 0.29) is 5.91 Å². The van der Waals surface area contributed by atoms with Crippen molar-refractivity contribution in [3.8, 4) is 10.6 Å². The summed E-state index contributed by atoms with van der Waals surface area (Å²) in [6.07, 6.45) is 0. The Kier molecular flexibility index (Phi) is 4.34. The molecule has 2 aromatic carbocycles. The molecule has 2 heterocycles. The first-order chi connectivity index (χ1) is 12.2. The number of anilines is 1. The zero-order chi connectivity index (χ0) is 17.2. The first kappa shape index (κ1) is 16.0. The van der Waals surface area contributed by atoms with Gasteiger partial charge >= 0.3 is 0 Å². The number of amides is 1. The van der Waals surface area contributed by atoms with E-state index in [1.165, 1.54) is 0 Å². The molecule has 0 unspecified atom stereocenters. The topological polar surface area (TPSA) is 42.0 Å². The monoisotopic (exact) mass is 408 g/mol. The minimum absolute atomic E-state index is 0.144. The third kappa shape index (κ3) is 3.34. The maximum atomic E-state index is 12.9. The number of pyridine rings is 1. The molecule has 4 aromatic rings. The molecular weight excluding hydrogens is 396 g/mol. The van der Waals surface area contributed by atoms with Crippen LogP contribution < -0.4 is 5.32 Å². The highest BCUT2D eigenvalue weighted by Crippen LogP contribution is 2.28. The van der Waals surface area contributed by atoms with Crippen LogP contribution in [0.25, 0.3) is 21.5 Å². The lowest BCUT2D eigenvalue weighted by Gasteiger charge is -2.10. The standard InChI is InChI=1S/C20H13BrN2OS/c21-13-5-3-6-14(11-13)22-20(24)16-12-18(19-9-4-10-25-19)23-17-8-2-1-7-15(16)17/h1-12H,(H,22,24). The summed E-state index contributed by atoms with van der Waals surface area (Å²) >= 11 is 5.04. The number of carbonyl (C=O) groups is 1. The van der Waals surface area contributed by atoms with Crippen LogP contribution in [0, 0.1) is 0 Å². The molecule has 4 rings (SSSR count). The number of thiophene rings is 1. The Labute approximate surface area is 157 Å². The molecule has 2 aromatic heterocycles. The number of rotatable bonds is 3. The second-order valence-electron chi connectivity index (χ2n) is 5.51. The van der Waals surface area contributed by atoms with Crippen LogP contribution in [0.4, 0.5) is 5.69 Å². The van der Waals surface area contributed by atoms with Crippen LogP contribution in [0.2, 0.25) is 0 Å². The normalized spacial score (nSPS) is 10.8. The molecule has 1 amide bonds. The van der Waals surface area contributed by atoms with Crippen LogP contribution in [0.5, 0.6) is 0 Å². The summed E-state index contributed by atoms with van der Waals surface area (Å²) in [5.74, 6) is -0.144. The molecule has 0 saturated heterocycles. The largest absolute Gasteiger partial charge is 0.322 e. The highest BCUT2D eigenvalue weighted by atomic mass is 79.9. The Hall–Kier alpha value is -2.50. The van der Waals surface area contributed by atoms with E-state index in [2.05, 4.69) is 21.2 Å². The zero-order valence-corrected chi connectivity index (χ0v) is 15.5. The number of hydrogen-bond acceptors (Lipinski definition) is 3.